The van der Waals surface area contributed by atoms with Gasteiger partial charge < -0.3 is 21.7 Å². The van der Waals surface area contributed by atoms with Crippen LogP contribution in [0.5, 0.6) is 0 Å². The first-order valence-electron chi connectivity index (χ1n) is 8.78. The summed E-state index contributed by atoms with van der Waals surface area (Å²) in [6.45, 7) is 3.23. The van der Waals surface area contributed by atoms with E-state index in [1.165, 1.54) is 25.7 Å². The Morgan fingerprint density at radius 1 is 1.16 bits per heavy atom. The molecule has 1 aliphatic carbocycles. The van der Waals surface area contributed by atoms with Gasteiger partial charge in [0.25, 0.3) is 5.91 Å². The van der Waals surface area contributed by atoms with Crippen LogP contribution >= 0.6 is 0 Å². The molecule has 0 bridgehead atoms. The summed E-state index contributed by atoms with van der Waals surface area (Å²) in [7, 11) is 0. The van der Waals surface area contributed by atoms with Crippen LogP contribution in [0.15, 0.2) is 29.3 Å². The van der Waals surface area contributed by atoms with Crippen molar-refractivity contribution in [2.75, 3.05) is 13.1 Å². The Hall–Kier alpha value is -2.57. The van der Waals surface area contributed by atoms with Gasteiger partial charge in [0.1, 0.15) is 0 Å². The Bertz CT molecular complexity index is 606. The van der Waals surface area contributed by atoms with Crippen molar-refractivity contribution in [2.45, 2.75) is 45.2 Å². The number of aliphatic imine (C=N–C) groups is 1. The second-order valence-electron chi connectivity index (χ2n) is 6.17. The molecule has 0 saturated heterocycles. The molecule has 0 atom stereocenters. The quantitative estimate of drug-likeness (QED) is 0.435. The molecule has 25 heavy (non-hydrogen) atoms. The molecule has 2 amide bonds. The lowest BCUT2D eigenvalue weighted by molar-refractivity contribution is -0.117. The second-order valence-corrected chi connectivity index (χ2v) is 6.17. The van der Waals surface area contributed by atoms with E-state index in [2.05, 4.69) is 20.9 Å². The van der Waals surface area contributed by atoms with Crippen molar-refractivity contribution in [2.24, 2.45) is 10.7 Å². The number of nitrogens with two attached hydrogens (primary N) is 1. The van der Waals surface area contributed by atoms with Crippen LogP contribution in [0.4, 0.5) is 0 Å². The monoisotopic (exact) mass is 345 g/mol. The summed E-state index contributed by atoms with van der Waals surface area (Å²) < 4.78 is 0. The van der Waals surface area contributed by atoms with Gasteiger partial charge in [-0.25, -0.2) is 4.99 Å². The molecule has 0 aliphatic heterocycles. The number of primary amides is 1. The van der Waals surface area contributed by atoms with E-state index in [4.69, 9.17) is 5.73 Å². The van der Waals surface area contributed by atoms with Gasteiger partial charge in [-0.05, 0) is 37.5 Å². The Morgan fingerprint density at radius 2 is 1.84 bits per heavy atom. The Kier molecular flexibility index (Phi) is 7.25. The summed E-state index contributed by atoms with van der Waals surface area (Å²) in [4.78, 5) is 27.1. The van der Waals surface area contributed by atoms with Crippen LogP contribution < -0.4 is 21.7 Å². The van der Waals surface area contributed by atoms with Crippen molar-refractivity contribution in [3.8, 4) is 0 Å². The van der Waals surface area contributed by atoms with E-state index in [1.807, 2.05) is 19.1 Å². The van der Waals surface area contributed by atoms with Crippen molar-refractivity contribution >= 4 is 17.8 Å². The fourth-order valence-electron chi connectivity index (χ4n) is 2.78. The Labute approximate surface area is 148 Å². The van der Waals surface area contributed by atoms with E-state index in [1.54, 1.807) is 12.1 Å². The normalized spacial score (nSPS) is 15.0. The molecule has 5 N–H and O–H groups in total. The molecule has 0 spiro atoms. The van der Waals surface area contributed by atoms with Gasteiger partial charge >= 0.3 is 0 Å². The predicted molar refractivity (Wildman–Crippen MR) is 98.2 cm³/mol. The summed E-state index contributed by atoms with van der Waals surface area (Å²) in [6.07, 6.45) is 4.94. The van der Waals surface area contributed by atoms with E-state index in [9.17, 15) is 9.59 Å². The van der Waals surface area contributed by atoms with E-state index in [-0.39, 0.29) is 12.5 Å². The molecule has 136 valence electrons. The molecule has 0 radical (unpaired) electrons. The molecule has 0 unspecified atom stereocenters. The lowest BCUT2D eigenvalue weighted by Crippen LogP contribution is -2.42. The second kappa shape index (κ2) is 9.66. The van der Waals surface area contributed by atoms with Crippen LogP contribution in [0.1, 0.15) is 48.5 Å². The van der Waals surface area contributed by atoms with E-state index >= 15 is 0 Å². The number of carbonyl (C=O) groups excluding carboxylic acids is 2. The number of rotatable bonds is 7. The fourth-order valence-corrected chi connectivity index (χ4v) is 2.78. The Balaban J connectivity index is 1.91. The molecule has 0 heterocycles. The van der Waals surface area contributed by atoms with Gasteiger partial charge in [-0.15, -0.1) is 0 Å². The van der Waals surface area contributed by atoms with Crippen LogP contribution in [0.25, 0.3) is 0 Å². The molecule has 0 aromatic heterocycles. The van der Waals surface area contributed by atoms with E-state index in [0.29, 0.717) is 18.2 Å². The van der Waals surface area contributed by atoms with E-state index < -0.39 is 5.91 Å². The number of carbonyl (C=O) groups is 2. The molecule has 7 nitrogen and oxygen atoms in total. The van der Waals surface area contributed by atoms with Gasteiger partial charge in [0.05, 0.1) is 13.1 Å². The summed E-state index contributed by atoms with van der Waals surface area (Å²) >= 11 is 0. The highest BCUT2D eigenvalue weighted by Crippen LogP contribution is 2.17. The molecular weight excluding hydrogens is 318 g/mol. The van der Waals surface area contributed by atoms with E-state index in [0.717, 1.165) is 18.1 Å². The van der Waals surface area contributed by atoms with Crippen molar-refractivity contribution < 1.29 is 9.59 Å². The van der Waals surface area contributed by atoms with Crippen LogP contribution in [0.3, 0.4) is 0 Å². The molecule has 1 fully saturated rings. The highest BCUT2D eigenvalue weighted by atomic mass is 16.2. The molecule has 2 rings (SSSR count). The zero-order valence-electron chi connectivity index (χ0n) is 14.7. The van der Waals surface area contributed by atoms with Gasteiger partial charge in [-0.2, -0.15) is 0 Å². The van der Waals surface area contributed by atoms with Crippen LogP contribution in [0.2, 0.25) is 0 Å². The summed E-state index contributed by atoms with van der Waals surface area (Å²) in [5.74, 6) is -0.0483. The minimum absolute atomic E-state index is 0.163. The lowest BCUT2D eigenvalue weighted by atomic mass is 10.1. The third-order valence-corrected chi connectivity index (χ3v) is 4.10. The molecule has 1 aromatic carbocycles. The molecule has 7 heteroatoms. The number of guanidine groups is 1. The molecular formula is C18H27N5O2. The fraction of sp³-hybridized carbons (Fsp3) is 0.500. The highest BCUT2D eigenvalue weighted by Gasteiger charge is 2.15. The predicted octanol–water partition coefficient (Wildman–Crippen LogP) is 0.899. The largest absolute Gasteiger partial charge is 0.368 e. The maximum atomic E-state index is 11.8. The standard InChI is InChI=1S/C18H27N5O2/c1-2-20-18(23-15-5-3-4-6-15)22-11-13-7-9-14(10-8-13)17(25)21-12-16(19)24/h7-10,15H,2-6,11-12H2,1H3,(H2,19,24)(H,21,25)(H2,20,22,23). The first-order chi connectivity index (χ1) is 12.1. The summed E-state index contributed by atoms with van der Waals surface area (Å²) in [5, 5.41) is 9.21. The van der Waals surface area contributed by atoms with Gasteiger partial charge in [-0.1, -0.05) is 25.0 Å². The molecule has 1 saturated carbocycles. The number of nitrogens with zero attached hydrogens (tertiary/aromatic N) is 1. The average Bonchev–Trinajstić information content (AvgIpc) is 3.11. The first kappa shape index (κ1) is 18.8. The van der Waals surface area contributed by atoms with Crippen LogP contribution in [0, 0.1) is 0 Å². The molecule has 1 aromatic rings. The maximum absolute atomic E-state index is 11.8. The van der Waals surface area contributed by atoms with Crippen molar-refractivity contribution in [1.29, 1.82) is 0 Å². The minimum Gasteiger partial charge on any atom is -0.368 e. The van der Waals surface area contributed by atoms with Gasteiger partial charge in [0, 0.05) is 18.2 Å². The third kappa shape index (κ3) is 6.45. The lowest BCUT2D eigenvalue weighted by Gasteiger charge is -2.16. The first-order valence-corrected chi connectivity index (χ1v) is 8.78. The van der Waals surface area contributed by atoms with Crippen LogP contribution in [-0.2, 0) is 11.3 Å². The van der Waals surface area contributed by atoms with Gasteiger partial charge in [0.15, 0.2) is 5.96 Å². The van der Waals surface area contributed by atoms with Crippen molar-refractivity contribution in [1.82, 2.24) is 16.0 Å². The number of benzene rings is 1. The SMILES string of the molecule is CCNC(=NCc1ccc(C(=O)NCC(N)=O)cc1)NC1CCCC1. The molecule has 1 aliphatic rings. The maximum Gasteiger partial charge on any atom is 0.251 e. The number of nitrogens with one attached hydrogen (secondary N) is 3. The topological polar surface area (TPSA) is 109 Å². The number of hydrogen-bond donors (Lipinski definition) is 4. The summed E-state index contributed by atoms with van der Waals surface area (Å²) in [6, 6.07) is 7.68. The number of amides is 2. The zero-order valence-corrected chi connectivity index (χ0v) is 14.7. The minimum atomic E-state index is -0.565. The highest BCUT2D eigenvalue weighted by molar-refractivity contribution is 5.96. The smallest absolute Gasteiger partial charge is 0.251 e. The van der Waals surface area contributed by atoms with Crippen LogP contribution in [-0.4, -0.2) is 36.9 Å². The Morgan fingerprint density at radius 3 is 2.44 bits per heavy atom. The third-order valence-electron chi connectivity index (χ3n) is 4.10. The zero-order chi connectivity index (χ0) is 18.1. The van der Waals surface area contributed by atoms with Crippen molar-refractivity contribution in [3.63, 3.8) is 0 Å². The van der Waals surface area contributed by atoms with Crippen molar-refractivity contribution in [3.05, 3.63) is 35.4 Å². The average molecular weight is 345 g/mol. The van der Waals surface area contributed by atoms with Gasteiger partial charge in [0.2, 0.25) is 5.91 Å². The summed E-state index contributed by atoms with van der Waals surface area (Å²) in [5.41, 5.74) is 6.51. The van der Waals surface area contributed by atoms with Gasteiger partial charge in [-0.3, -0.25) is 9.59 Å². The number of hydrogen-bond acceptors (Lipinski definition) is 3.